The van der Waals surface area contributed by atoms with E-state index in [-0.39, 0.29) is 5.54 Å². The van der Waals surface area contributed by atoms with Crippen LogP contribution in [0.3, 0.4) is 0 Å². The average molecular weight is 245 g/mol. The molecule has 2 aromatic heterocycles. The largest absolute Gasteiger partial charge is 0.314 e. The molecule has 5 heteroatoms. The molecule has 0 saturated heterocycles. The Morgan fingerprint density at radius 3 is 2.89 bits per heavy atom. The Morgan fingerprint density at radius 2 is 2.11 bits per heavy atom. The first-order valence-corrected chi connectivity index (χ1v) is 6.66. The normalized spacial score (nSPS) is 19.2. The Bertz CT molecular complexity index is 527. The smallest absolute Gasteiger partial charge is 0.163 e. The van der Waals surface area contributed by atoms with Crippen LogP contribution in [0.2, 0.25) is 0 Å². The molecule has 1 N–H and O–H groups in total. The van der Waals surface area contributed by atoms with Crippen molar-refractivity contribution < 1.29 is 0 Å². The van der Waals surface area contributed by atoms with Gasteiger partial charge in [0, 0.05) is 24.2 Å². The monoisotopic (exact) mass is 245 g/mol. The molecule has 0 unspecified atom stereocenters. The third-order valence-corrected chi connectivity index (χ3v) is 4.12. The van der Waals surface area contributed by atoms with Gasteiger partial charge in [0.1, 0.15) is 12.2 Å². The van der Waals surface area contributed by atoms with E-state index in [9.17, 15) is 0 Å². The van der Waals surface area contributed by atoms with Gasteiger partial charge in [0.05, 0.1) is 0 Å². The van der Waals surface area contributed by atoms with E-state index in [4.69, 9.17) is 0 Å². The number of likely N-dealkylation sites (N-methyl/N-ethyl adjacent to an activating group) is 1. The maximum absolute atomic E-state index is 4.32. The van der Waals surface area contributed by atoms with Crippen LogP contribution in [0.1, 0.15) is 37.9 Å². The summed E-state index contributed by atoms with van der Waals surface area (Å²) in [5.41, 5.74) is 1.07. The second kappa shape index (κ2) is 4.65. The Balaban J connectivity index is 1.90. The zero-order valence-corrected chi connectivity index (χ0v) is 10.8. The molecule has 0 bridgehead atoms. The van der Waals surface area contributed by atoms with Gasteiger partial charge in [-0.05, 0) is 19.9 Å². The van der Waals surface area contributed by atoms with Crippen LogP contribution < -0.4 is 5.32 Å². The Kier molecular flexibility index (Phi) is 2.99. The van der Waals surface area contributed by atoms with Crippen LogP contribution in [0, 0.1) is 0 Å². The summed E-state index contributed by atoms with van der Waals surface area (Å²) in [6.07, 6.45) is 10.9. The van der Waals surface area contributed by atoms with E-state index >= 15 is 0 Å². The molecular formula is C13H19N5. The lowest BCUT2D eigenvalue weighted by molar-refractivity contribution is 0.240. The van der Waals surface area contributed by atoms with Crippen molar-refractivity contribution in [2.24, 2.45) is 0 Å². The average Bonchev–Trinajstić information content (AvgIpc) is 2.83. The van der Waals surface area contributed by atoms with Crippen LogP contribution in [0.4, 0.5) is 0 Å². The summed E-state index contributed by atoms with van der Waals surface area (Å²) in [6, 6.07) is 1.89. The van der Waals surface area contributed by atoms with E-state index in [2.05, 4.69) is 27.5 Å². The zero-order valence-electron chi connectivity index (χ0n) is 10.8. The molecule has 0 aromatic carbocycles. The summed E-state index contributed by atoms with van der Waals surface area (Å²) in [5, 5.41) is 12.0. The molecule has 5 nitrogen and oxygen atoms in total. The maximum atomic E-state index is 4.32. The minimum atomic E-state index is 0.192. The van der Waals surface area contributed by atoms with Crippen molar-refractivity contribution in [1.29, 1.82) is 0 Å². The third kappa shape index (κ3) is 1.99. The zero-order chi connectivity index (χ0) is 12.4. The summed E-state index contributed by atoms with van der Waals surface area (Å²) in [6.45, 7) is 0. The van der Waals surface area contributed by atoms with Crippen molar-refractivity contribution >= 4 is 5.65 Å². The lowest BCUT2D eigenvalue weighted by Gasteiger charge is -2.36. The highest BCUT2D eigenvalue weighted by molar-refractivity contribution is 5.35. The van der Waals surface area contributed by atoms with E-state index in [1.807, 2.05) is 10.5 Å². The molecule has 3 rings (SSSR count). The van der Waals surface area contributed by atoms with Crippen molar-refractivity contribution in [3.63, 3.8) is 0 Å². The van der Waals surface area contributed by atoms with Gasteiger partial charge in [-0.1, -0.05) is 19.3 Å². The molecule has 0 amide bonds. The lowest BCUT2D eigenvalue weighted by atomic mass is 9.79. The van der Waals surface area contributed by atoms with Crippen LogP contribution in [-0.4, -0.2) is 32.2 Å². The molecule has 1 aliphatic carbocycles. The molecule has 2 aromatic rings. The number of hydrogen-bond acceptors (Lipinski definition) is 4. The van der Waals surface area contributed by atoms with Gasteiger partial charge in [0.2, 0.25) is 0 Å². The molecule has 96 valence electrons. The molecule has 0 radical (unpaired) electrons. The minimum absolute atomic E-state index is 0.192. The van der Waals surface area contributed by atoms with Crippen molar-refractivity contribution in [2.75, 3.05) is 7.05 Å². The van der Waals surface area contributed by atoms with E-state index in [0.29, 0.717) is 0 Å². The topological polar surface area (TPSA) is 55.1 Å². The predicted molar refractivity (Wildman–Crippen MR) is 69.4 cm³/mol. The molecule has 0 aliphatic heterocycles. The van der Waals surface area contributed by atoms with Crippen LogP contribution >= 0.6 is 0 Å². The molecule has 1 aliphatic rings. The highest BCUT2D eigenvalue weighted by atomic mass is 15.3. The van der Waals surface area contributed by atoms with Gasteiger partial charge in [-0.3, -0.25) is 4.40 Å². The molecule has 0 atom stereocenters. The number of aromatic nitrogens is 4. The third-order valence-electron chi connectivity index (χ3n) is 4.12. The quantitative estimate of drug-likeness (QED) is 0.892. The second-order valence-corrected chi connectivity index (χ2v) is 5.19. The first kappa shape index (κ1) is 11.6. The number of hydrogen-bond donors (Lipinski definition) is 1. The van der Waals surface area contributed by atoms with Crippen molar-refractivity contribution in [2.45, 2.75) is 44.1 Å². The van der Waals surface area contributed by atoms with Crippen molar-refractivity contribution in [1.82, 2.24) is 24.9 Å². The standard InChI is InChI=1S/C13H19N5/c1-14-13(6-3-2-4-7-13)9-12-17-16-11-5-8-15-10-18(11)12/h5,8,10,14H,2-4,6-7,9H2,1H3. The molecule has 0 spiro atoms. The summed E-state index contributed by atoms with van der Waals surface area (Å²) in [5.74, 6) is 1.01. The first-order chi connectivity index (χ1) is 8.83. The highest BCUT2D eigenvalue weighted by Crippen LogP contribution is 2.30. The summed E-state index contributed by atoms with van der Waals surface area (Å²) < 4.78 is 1.99. The fourth-order valence-corrected chi connectivity index (χ4v) is 2.96. The SMILES string of the molecule is CNC1(Cc2nnc3ccncn23)CCCCC1. The summed E-state index contributed by atoms with van der Waals surface area (Å²) >= 11 is 0. The van der Waals surface area contributed by atoms with E-state index in [1.54, 1.807) is 12.5 Å². The molecule has 1 saturated carbocycles. The van der Waals surface area contributed by atoms with Crippen LogP contribution in [0.25, 0.3) is 5.65 Å². The first-order valence-electron chi connectivity index (χ1n) is 6.66. The number of fused-ring (bicyclic) bond motifs is 1. The summed E-state index contributed by atoms with van der Waals surface area (Å²) in [7, 11) is 2.06. The highest BCUT2D eigenvalue weighted by Gasteiger charge is 2.32. The van der Waals surface area contributed by atoms with Gasteiger partial charge in [0.25, 0.3) is 0 Å². The molecular weight excluding hydrogens is 226 g/mol. The fourth-order valence-electron chi connectivity index (χ4n) is 2.96. The van der Waals surface area contributed by atoms with Crippen LogP contribution in [-0.2, 0) is 6.42 Å². The molecule has 2 heterocycles. The number of rotatable bonds is 3. The van der Waals surface area contributed by atoms with E-state index in [0.717, 1.165) is 17.9 Å². The predicted octanol–water partition coefficient (Wildman–Crippen LogP) is 1.59. The molecule has 18 heavy (non-hydrogen) atoms. The summed E-state index contributed by atoms with van der Waals surface area (Å²) in [4.78, 5) is 4.15. The fraction of sp³-hybridized carbons (Fsp3) is 0.615. The maximum Gasteiger partial charge on any atom is 0.163 e. The Morgan fingerprint density at radius 1 is 1.28 bits per heavy atom. The second-order valence-electron chi connectivity index (χ2n) is 5.19. The van der Waals surface area contributed by atoms with Gasteiger partial charge < -0.3 is 5.32 Å². The van der Waals surface area contributed by atoms with Gasteiger partial charge in [-0.25, -0.2) is 4.98 Å². The Hall–Kier alpha value is -1.49. The van der Waals surface area contributed by atoms with Gasteiger partial charge in [-0.2, -0.15) is 0 Å². The lowest BCUT2D eigenvalue weighted by Crippen LogP contribution is -2.47. The van der Waals surface area contributed by atoms with Crippen LogP contribution in [0.5, 0.6) is 0 Å². The minimum Gasteiger partial charge on any atom is -0.314 e. The molecule has 1 fully saturated rings. The van der Waals surface area contributed by atoms with E-state index in [1.165, 1.54) is 32.1 Å². The number of nitrogens with zero attached hydrogens (tertiary/aromatic N) is 4. The number of nitrogens with one attached hydrogen (secondary N) is 1. The van der Waals surface area contributed by atoms with Crippen molar-refractivity contribution in [3.05, 3.63) is 24.4 Å². The van der Waals surface area contributed by atoms with Crippen LogP contribution in [0.15, 0.2) is 18.6 Å². The van der Waals surface area contributed by atoms with Gasteiger partial charge in [-0.15, -0.1) is 10.2 Å². The van der Waals surface area contributed by atoms with Crippen molar-refractivity contribution in [3.8, 4) is 0 Å². The van der Waals surface area contributed by atoms with Gasteiger partial charge >= 0.3 is 0 Å². The Labute approximate surface area is 107 Å². The van der Waals surface area contributed by atoms with Gasteiger partial charge in [0.15, 0.2) is 5.65 Å². The van der Waals surface area contributed by atoms with E-state index < -0.39 is 0 Å².